The minimum Gasteiger partial charge on any atom is -0.222 e. The molecule has 0 saturated carbocycles. The van der Waals surface area contributed by atoms with E-state index in [-0.39, 0.29) is 0 Å². The van der Waals surface area contributed by atoms with Crippen molar-refractivity contribution in [1.29, 1.82) is 0 Å². The van der Waals surface area contributed by atoms with Crippen molar-refractivity contribution >= 4 is 16.8 Å². The zero-order chi connectivity index (χ0) is 15.0. The van der Waals surface area contributed by atoms with E-state index in [1.165, 1.54) is 0 Å². The SMILES string of the molecule is Cl/C(=N\[n+]1ccccc1)c1ccccc1.[O-][Cl+3]([O-])([O-])[O-]. The Morgan fingerprint density at radius 2 is 1.35 bits per heavy atom. The fourth-order valence-electron chi connectivity index (χ4n) is 1.19. The van der Waals surface area contributed by atoms with E-state index in [0.29, 0.717) is 5.17 Å². The van der Waals surface area contributed by atoms with Gasteiger partial charge in [0, 0.05) is 22.8 Å². The number of halogens is 2. The van der Waals surface area contributed by atoms with Crippen LogP contribution in [0.1, 0.15) is 5.56 Å². The molecular formula is C12H10Cl2N2O4. The second kappa shape index (κ2) is 7.91. The van der Waals surface area contributed by atoms with Crippen molar-refractivity contribution in [2.75, 3.05) is 0 Å². The van der Waals surface area contributed by atoms with E-state index in [1.807, 2.05) is 60.9 Å². The van der Waals surface area contributed by atoms with Crippen molar-refractivity contribution < 1.29 is 33.6 Å². The molecule has 6 nitrogen and oxygen atoms in total. The third-order valence-electron chi connectivity index (χ3n) is 1.92. The van der Waals surface area contributed by atoms with Crippen LogP contribution in [0.3, 0.4) is 0 Å². The molecule has 0 aliphatic carbocycles. The number of hydrogen-bond donors (Lipinski definition) is 0. The molecule has 0 aliphatic heterocycles. The minimum absolute atomic E-state index is 0.479. The van der Waals surface area contributed by atoms with Gasteiger partial charge in [0.05, 0.1) is 0 Å². The molecule has 20 heavy (non-hydrogen) atoms. The molecule has 0 amide bonds. The van der Waals surface area contributed by atoms with Gasteiger partial charge in [0.15, 0.2) is 0 Å². The average molecular weight is 317 g/mol. The quantitative estimate of drug-likeness (QED) is 0.457. The van der Waals surface area contributed by atoms with E-state index >= 15 is 0 Å². The van der Waals surface area contributed by atoms with Gasteiger partial charge >= 0.3 is 0 Å². The summed E-state index contributed by atoms with van der Waals surface area (Å²) in [6.07, 6.45) is 3.68. The van der Waals surface area contributed by atoms with Crippen LogP contribution in [0, 0.1) is 10.2 Å². The highest BCUT2D eigenvalue weighted by Crippen LogP contribution is 2.03. The second-order valence-corrected chi connectivity index (χ2v) is 4.50. The van der Waals surface area contributed by atoms with Crippen molar-refractivity contribution in [3.63, 3.8) is 0 Å². The lowest BCUT2D eigenvalue weighted by molar-refractivity contribution is -2.00. The Morgan fingerprint density at radius 3 is 1.85 bits per heavy atom. The van der Waals surface area contributed by atoms with Crippen LogP contribution < -0.4 is 23.3 Å². The van der Waals surface area contributed by atoms with Crippen LogP contribution in [-0.4, -0.2) is 5.17 Å². The van der Waals surface area contributed by atoms with E-state index in [4.69, 9.17) is 30.2 Å². The van der Waals surface area contributed by atoms with Crippen LogP contribution in [0.5, 0.6) is 0 Å². The number of pyridine rings is 1. The van der Waals surface area contributed by atoms with Gasteiger partial charge in [-0.15, -0.1) is 10.2 Å². The molecule has 0 radical (unpaired) electrons. The first-order chi connectivity index (χ1) is 9.36. The third-order valence-corrected chi connectivity index (χ3v) is 2.21. The number of nitrogens with zero attached hydrogens (tertiary/aromatic N) is 2. The summed E-state index contributed by atoms with van der Waals surface area (Å²) >= 11 is 6.07. The molecule has 1 aromatic carbocycles. The van der Waals surface area contributed by atoms with Gasteiger partial charge in [-0.3, -0.25) is 0 Å². The Bertz CT molecular complexity index is 538. The Morgan fingerprint density at radius 1 is 0.900 bits per heavy atom. The van der Waals surface area contributed by atoms with Gasteiger partial charge in [-0.05, 0) is 0 Å². The van der Waals surface area contributed by atoms with Crippen molar-refractivity contribution in [2.24, 2.45) is 5.10 Å². The summed E-state index contributed by atoms with van der Waals surface area (Å²) in [4.78, 5) is 0. The van der Waals surface area contributed by atoms with Gasteiger partial charge in [-0.1, -0.05) is 52.7 Å². The van der Waals surface area contributed by atoms with E-state index < -0.39 is 10.2 Å². The molecular weight excluding hydrogens is 307 g/mol. The molecule has 0 spiro atoms. The van der Waals surface area contributed by atoms with E-state index in [9.17, 15) is 0 Å². The van der Waals surface area contributed by atoms with Crippen molar-refractivity contribution in [3.05, 3.63) is 66.5 Å². The van der Waals surface area contributed by atoms with Crippen molar-refractivity contribution in [1.82, 2.24) is 0 Å². The molecule has 0 fully saturated rings. The summed E-state index contributed by atoms with van der Waals surface area (Å²) in [7, 11) is -4.94. The summed E-state index contributed by atoms with van der Waals surface area (Å²) in [5.41, 5.74) is 0.913. The monoisotopic (exact) mass is 316 g/mol. The van der Waals surface area contributed by atoms with Crippen LogP contribution >= 0.6 is 11.6 Å². The number of aromatic nitrogens is 1. The average Bonchev–Trinajstić information content (AvgIpc) is 2.39. The molecule has 8 heteroatoms. The highest BCUT2D eigenvalue weighted by Gasteiger charge is 2.02. The van der Waals surface area contributed by atoms with Gasteiger partial charge in [0.1, 0.15) is 0 Å². The van der Waals surface area contributed by atoms with Gasteiger partial charge < -0.3 is 0 Å². The summed E-state index contributed by atoms with van der Waals surface area (Å²) in [5, 5.41) is 4.71. The van der Waals surface area contributed by atoms with E-state index in [1.54, 1.807) is 4.68 Å². The largest absolute Gasteiger partial charge is 0.222 e. The fourth-order valence-corrected chi connectivity index (χ4v) is 1.40. The molecule has 0 aliphatic rings. The lowest BCUT2D eigenvalue weighted by atomic mass is 10.2. The van der Waals surface area contributed by atoms with Crippen LogP contribution in [0.4, 0.5) is 0 Å². The number of hydrogen-bond acceptors (Lipinski definition) is 5. The molecule has 0 N–H and O–H groups in total. The molecule has 0 saturated heterocycles. The normalized spacial score (nSPS) is 11.6. The zero-order valence-electron chi connectivity index (χ0n) is 10.1. The van der Waals surface area contributed by atoms with Crippen molar-refractivity contribution in [3.8, 4) is 0 Å². The summed E-state index contributed by atoms with van der Waals surface area (Å²) < 4.78 is 35.6. The molecule has 0 unspecified atom stereocenters. The fraction of sp³-hybridized carbons (Fsp3) is 0. The third kappa shape index (κ3) is 7.80. The van der Waals surface area contributed by atoms with E-state index in [0.717, 1.165) is 5.56 Å². The molecule has 0 atom stereocenters. The minimum atomic E-state index is -4.94. The highest BCUT2D eigenvalue weighted by atomic mass is 35.7. The predicted molar refractivity (Wildman–Crippen MR) is 60.9 cm³/mol. The molecule has 1 heterocycles. The van der Waals surface area contributed by atoms with Gasteiger partial charge in [0.2, 0.25) is 17.6 Å². The Labute approximate surface area is 122 Å². The smallest absolute Gasteiger partial charge is 0.204 e. The molecule has 1 aromatic heterocycles. The number of benzene rings is 1. The summed E-state index contributed by atoms with van der Waals surface area (Å²) in [6.45, 7) is 0. The van der Waals surface area contributed by atoms with Crippen molar-refractivity contribution in [2.45, 2.75) is 0 Å². The maximum atomic E-state index is 8.49. The predicted octanol–water partition coefficient (Wildman–Crippen LogP) is -2.33. The van der Waals surface area contributed by atoms with E-state index in [2.05, 4.69) is 5.10 Å². The first-order valence-electron chi connectivity index (χ1n) is 5.24. The molecule has 2 aromatic rings. The van der Waals surface area contributed by atoms with Crippen LogP contribution in [0.15, 0.2) is 66.0 Å². The Balaban J connectivity index is 0.000000347. The van der Waals surface area contributed by atoms with Gasteiger partial charge in [-0.2, -0.15) is 0 Å². The Hall–Kier alpha value is -1.54. The number of rotatable bonds is 2. The summed E-state index contributed by atoms with van der Waals surface area (Å²) in [5.74, 6) is 0. The second-order valence-electron chi connectivity index (χ2n) is 3.39. The molecule has 106 valence electrons. The molecule has 2 rings (SSSR count). The first-order valence-corrected chi connectivity index (χ1v) is 6.85. The van der Waals surface area contributed by atoms with Gasteiger partial charge in [0.25, 0.3) is 0 Å². The van der Waals surface area contributed by atoms with Gasteiger partial charge in [-0.25, -0.2) is 18.6 Å². The maximum Gasteiger partial charge on any atom is 0.204 e. The van der Waals surface area contributed by atoms with Crippen LogP contribution in [0.2, 0.25) is 0 Å². The Kier molecular flexibility index (Phi) is 6.53. The van der Waals surface area contributed by atoms with Crippen LogP contribution in [0.25, 0.3) is 0 Å². The summed E-state index contributed by atoms with van der Waals surface area (Å²) in [6, 6.07) is 15.4. The topological polar surface area (TPSA) is 108 Å². The first kappa shape index (κ1) is 16.5. The lowest BCUT2D eigenvalue weighted by Crippen LogP contribution is -2.68. The molecule has 0 bridgehead atoms. The highest BCUT2D eigenvalue weighted by molar-refractivity contribution is 6.69. The zero-order valence-corrected chi connectivity index (χ0v) is 11.6. The lowest BCUT2D eigenvalue weighted by Gasteiger charge is -2.17. The standard InChI is InChI=1S/C12H10ClN2.ClHO4/c13-12(11-7-3-1-4-8-11)14-15-9-5-2-6-10-15;2-1(3,4)5/h1-10H;(H,2,3,4,5)/q+1;/p-1/b14-12-;. The van der Waals surface area contributed by atoms with Crippen LogP contribution in [-0.2, 0) is 0 Å². The maximum absolute atomic E-state index is 8.49.